The fourth-order valence-electron chi connectivity index (χ4n) is 2.17. The molecule has 1 aromatic heterocycles. The fraction of sp³-hybridized carbons (Fsp3) is 0.389. The van der Waals surface area contributed by atoms with Crippen molar-refractivity contribution in [2.45, 2.75) is 26.3 Å². The normalized spacial score (nSPS) is 11.3. The van der Waals surface area contributed by atoms with Crippen LogP contribution >= 0.6 is 0 Å². The van der Waals surface area contributed by atoms with E-state index in [1.54, 1.807) is 13.4 Å². The Balaban J connectivity index is 1.92. The molecule has 2 aromatic rings. The number of hydrogen-bond donors (Lipinski definition) is 2. The van der Waals surface area contributed by atoms with Gasteiger partial charge in [0.05, 0.1) is 19.9 Å². The lowest BCUT2D eigenvalue weighted by Crippen LogP contribution is -2.38. The Hall–Kier alpha value is -2.43. The van der Waals surface area contributed by atoms with Crippen molar-refractivity contribution in [3.63, 3.8) is 0 Å². The molecule has 0 bridgehead atoms. The van der Waals surface area contributed by atoms with E-state index in [9.17, 15) is 0 Å². The van der Waals surface area contributed by atoms with Gasteiger partial charge in [-0.1, -0.05) is 25.1 Å². The van der Waals surface area contributed by atoms with E-state index in [1.807, 2.05) is 36.4 Å². The number of aliphatic imine (C=N–C) groups is 1. The van der Waals surface area contributed by atoms with Gasteiger partial charge in [0.1, 0.15) is 11.5 Å². The molecular formula is C18H25N3O2. The first-order valence-electron chi connectivity index (χ1n) is 8.00. The van der Waals surface area contributed by atoms with Crippen molar-refractivity contribution < 1.29 is 9.15 Å². The first-order valence-corrected chi connectivity index (χ1v) is 8.00. The van der Waals surface area contributed by atoms with Gasteiger partial charge in [0, 0.05) is 25.1 Å². The van der Waals surface area contributed by atoms with Gasteiger partial charge in [-0.2, -0.15) is 0 Å². The first kappa shape index (κ1) is 16.9. The van der Waals surface area contributed by atoms with Gasteiger partial charge in [-0.25, -0.2) is 4.99 Å². The van der Waals surface area contributed by atoms with Crippen molar-refractivity contribution >= 4 is 5.96 Å². The topological polar surface area (TPSA) is 58.8 Å². The molecule has 0 spiro atoms. The van der Waals surface area contributed by atoms with Crippen molar-refractivity contribution in [2.24, 2.45) is 4.99 Å². The molecule has 0 fully saturated rings. The van der Waals surface area contributed by atoms with Crippen molar-refractivity contribution in [2.75, 3.05) is 20.2 Å². The Kier molecular flexibility index (Phi) is 7.04. The third kappa shape index (κ3) is 5.70. The number of nitrogens with zero attached hydrogens (tertiary/aromatic N) is 1. The van der Waals surface area contributed by atoms with Crippen LogP contribution < -0.4 is 15.4 Å². The summed E-state index contributed by atoms with van der Waals surface area (Å²) in [6.07, 6.45) is 3.57. The number of nitrogens with one attached hydrogen (secondary N) is 2. The highest BCUT2D eigenvalue weighted by Crippen LogP contribution is 2.17. The highest BCUT2D eigenvalue weighted by molar-refractivity contribution is 5.79. The molecule has 5 nitrogen and oxygen atoms in total. The van der Waals surface area contributed by atoms with Crippen LogP contribution in [0.5, 0.6) is 5.75 Å². The lowest BCUT2D eigenvalue weighted by atomic mass is 10.2. The lowest BCUT2D eigenvalue weighted by molar-refractivity contribution is 0.410. The number of guanidine groups is 1. The molecule has 2 N–H and O–H groups in total. The SMILES string of the molecule is CCCNC(=NCc1ccccc1OC)NCCc1ccco1. The molecule has 0 saturated heterocycles. The third-order valence-corrected chi connectivity index (χ3v) is 3.39. The summed E-state index contributed by atoms with van der Waals surface area (Å²) in [5.41, 5.74) is 1.07. The Morgan fingerprint density at radius 1 is 1.13 bits per heavy atom. The zero-order chi connectivity index (χ0) is 16.3. The molecule has 1 heterocycles. The highest BCUT2D eigenvalue weighted by Gasteiger charge is 2.03. The molecule has 0 unspecified atom stereocenters. The van der Waals surface area contributed by atoms with Crippen LogP contribution in [0.2, 0.25) is 0 Å². The van der Waals surface area contributed by atoms with Crippen LogP contribution in [0.4, 0.5) is 0 Å². The minimum Gasteiger partial charge on any atom is -0.496 e. The number of hydrogen-bond acceptors (Lipinski definition) is 3. The Morgan fingerprint density at radius 3 is 2.70 bits per heavy atom. The third-order valence-electron chi connectivity index (χ3n) is 3.39. The number of methoxy groups -OCH3 is 1. The standard InChI is InChI=1S/C18H25N3O2/c1-3-11-19-18(20-12-10-16-8-6-13-23-16)21-14-15-7-4-5-9-17(15)22-2/h4-9,13H,3,10-12,14H2,1-2H3,(H2,19,20,21). The van der Waals surface area contributed by atoms with Gasteiger partial charge in [-0.05, 0) is 24.6 Å². The Labute approximate surface area is 137 Å². The average Bonchev–Trinajstić information content (AvgIpc) is 3.10. The summed E-state index contributed by atoms with van der Waals surface area (Å²) in [6.45, 7) is 4.37. The number of ether oxygens (including phenoxy) is 1. The zero-order valence-electron chi connectivity index (χ0n) is 13.8. The summed E-state index contributed by atoms with van der Waals surface area (Å²) in [5.74, 6) is 2.64. The van der Waals surface area contributed by atoms with Crippen LogP contribution in [0, 0.1) is 0 Å². The predicted octanol–water partition coefficient (Wildman–Crippen LogP) is 2.98. The number of para-hydroxylation sites is 1. The van der Waals surface area contributed by atoms with Gasteiger partial charge >= 0.3 is 0 Å². The van der Waals surface area contributed by atoms with E-state index in [4.69, 9.17) is 9.15 Å². The van der Waals surface area contributed by atoms with E-state index >= 15 is 0 Å². The summed E-state index contributed by atoms with van der Waals surface area (Å²) in [7, 11) is 1.68. The fourth-order valence-corrected chi connectivity index (χ4v) is 2.17. The minimum absolute atomic E-state index is 0.573. The van der Waals surface area contributed by atoms with Gasteiger partial charge in [0.2, 0.25) is 0 Å². The quantitative estimate of drug-likeness (QED) is 0.581. The van der Waals surface area contributed by atoms with E-state index in [0.717, 1.165) is 49.0 Å². The molecule has 0 radical (unpaired) electrons. The van der Waals surface area contributed by atoms with Crippen molar-refractivity contribution in [1.29, 1.82) is 0 Å². The Morgan fingerprint density at radius 2 is 1.96 bits per heavy atom. The molecule has 0 aliphatic heterocycles. The molecular weight excluding hydrogens is 290 g/mol. The van der Waals surface area contributed by atoms with Crippen molar-refractivity contribution in [3.05, 3.63) is 54.0 Å². The predicted molar refractivity (Wildman–Crippen MR) is 92.8 cm³/mol. The van der Waals surface area contributed by atoms with E-state index < -0.39 is 0 Å². The second-order valence-corrected chi connectivity index (χ2v) is 5.16. The first-order chi connectivity index (χ1) is 11.3. The summed E-state index contributed by atoms with van der Waals surface area (Å²) in [6, 6.07) is 11.8. The summed E-state index contributed by atoms with van der Waals surface area (Å²) in [5, 5.41) is 6.66. The molecule has 0 amide bonds. The molecule has 0 aliphatic carbocycles. The van der Waals surface area contributed by atoms with E-state index in [2.05, 4.69) is 22.5 Å². The number of furan rings is 1. The maximum atomic E-state index is 5.37. The van der Waals surface area contributed by atoms with Gasteiger partial charge in [0.15, 0.2) is 5.96 Å². The van der Waals surface area contributed by atoms with Crippen molar-refractivity contribution in [3.8, 4) is 5.75 Å². The van der Waals surface area contributed by atoms with Crippen LogP contribution in [-0.2, 0) is 13.0 Å². The second kappa shape index (κ2) is 9.56. The molecule has 0 aliphatic rings. The number of rotatable bonds is 8. The molecule has 1 aromatic carbocycles. The maximum absolute atomic E-state index is 5.37. The number of benzene rings is 1. The van der Waals surface area contributed by atoms with Crippen LogP contribution in [0.1, 0.15) is 24.7 Å². The summed E-state index contributed by atoms with van der Waals surface area (Å²) in [4.78, 5) is 4.64. The summed E-state index contributed by atoms with van der Waals surface area (Å²) < 4.78 is 10.7. The van der Waals surface area contributed by atoms with Gasteiger partial charge in [0.25, 0.3) is 0 Å². The minimum atomic E-state index is 0.573. The van der Waals surface area contributed by atoms with Gasteiger partial charge in [-0.15, -0.1) is 0 Å². The van der Waals surface area contributed by atoms with Crippen LogP contribution in [0.25, 0.3) is 0 Å². The molecule has 2 rings (SSSR count). The second-order valence-electron chi connectivity index (χ2n) is 5.16. The molecule has 23 heavy (non-hydrogen) atoms. The van der Waals surface area contributed by atoms with Gasteiger partial charge in [-0.3, -0.25) is 0 Å². The van der Waals surface area contributed by atoms with E-state index in [1.165, 1.54) is 0 Å². The maximum Gasteiger partial charge on any atom is 0.191 e. The van der Waals surface area contributed by atoms with Gasteiger partial charge < -0.3 is 19.8 Å². The monoisotopic (exact) mass is 315 g/mol. The summed E-state index contributed by atoms with van der Waals surface area (Å²) >= 11 is 0. The molecule has 5 heteroatoms. The van der Waals surface area contributed by atoms with E-state index in [-0.39, 0.29) is 0 Å². The largest absolute Gasteiger partial charge is 0.496 e. The van der Waals surface area contributed by atoms with Crippen LogP contribution in [0.15, 0.2) is 52.1 Å². The molecule has 0 atom stereocenters. The molecule has 124 valence electrons. The smallest absolute Gasteiger partial charge is 0.191 e. The highest BCUT2D eigenvalue weighted by atomic mass is 16.5. The Bertz CT molecular complexity index is 594. The zero-order valence-corrected chi connectivity index (χ0v) is 13.8. The lowest BCUT2D eigenvalue weighted by Gasteiger charge is -2.12. The van der Waals surface area contributed by atoms with Crippen LogP contribution in [-0.4, -0.2) is 26.2 Å². The molecule has 0 saturated carbocycles. The van der Waals surface area contributed by atoms with Crippen LogP contribution in [0.3, 0.4) is 0 Å². The van der Waals surface area contributed by atoms with E-state index in [0.29, 0.717) is 6.54 Å². The van der Waals surface area contributed by atoms with Crippen molar-refractivity contribution in [1.82, 2.24) is 10.6 Å². The average molecular weight is 315 g/mol.